The summed E-state index contributed by atoms with van der Waals surface area (Å²) in [7, 11) is -4.74. The highest BCUT2D eigenvalue weighted by Gasteiger charge is 2.63. The van der Waals surface area contributed by atoms with E-state index in [1.54, 1.807) is 6.92 Å². The fraction of sp³-hybridized carbons (Fsp3) is 0.476. The van der Waals surface area contributed by atoms with Gasteiger partial charge in [0.25, 0.3) is 0 Å². The highest BCUT2D eigenvalue weighted by atomic mass is 32.2. The van der Waals surface area contributed by atoms with Crippen molar-refractivity contribution in [2.24, 2.45) is 0 Å². The van der Waals surface area contributed by atoms with E-state index in [1.165, 1.54) is 25.3 Å². The summed E-state index contributed by atoms with van der Waals surface area (Å²) in [6.07, 6.45) is -5.21. The molecule has 184 valence electrons. The van der Waals surface area contributed by atoms with E-state index >= 15 is 0 Å². The van der Waals surface area contributed by atoms with Gasteiger partial charge in [-0.05, 0) is 52.7 Å². The molecule has 1 saturated carbocycles. The number of halogens is 3. The fourth-order valence-corrected chi connectivity index (χ4v) is 6.76. The number of fused-ring (bicyclic) bond motifs is 1. The molecule has 34 heavy (non-hydrogen) atoms. The van der Waals surface area contributed by atoms with Gasteiger partial charge in [0.2, 0.25) is 4.96 Å². The molecule has 1 N–H and O–H groups in total. The van der Waals surface area contributed by atoms with E-state index < -0.39 is 42.8 Å². The van der Waals surface area contributed by atoms with Gasteiger partial charge in [0.05, 0.1) is 28.5 Å². The average molecular weight is 518 g/mol. The van der Waals surface area contributed by atoms with Gasteiger partial charge in [-0.15, -0.1) is 0 Å². The third-order valence-electron chi connectivity index (χ3n) is 5.62. The molecule has 2 heterocycles. The lowest BCUT2D eigenvalue weighted by atomic mass is 10.1. The number of ether oxygens (including phenoxy) is 1. The zero-order valence-corrected chi connectivity index (χ0v) is 20.4. The summed E-state index contributed by atoms with van der Waals surface area (Å²) >= 11 is 1.11. The van der Waals surface area contributed by atoms with Crippen LogP contribution in [0.25, 0.3) is 16.2 Å². The molecule has 0 aliphatic heterocycles. The minimum absolute atomic E-state index is 0.0946. The molecule has 13 heteroatoms. The molecule has 0 spiro atoms. The molecule has 0 saturated heterocycles. The van der Waals surface area contributed by atoms with Gasteiger partial charge in [0.1, 0.15) is 10.6 Å². The van der Waals surface area contributed by atoms with Crippen LogP contribution in [0.5, 0.6) is 0 Å². The fourth-order valence-electron chi connectivity index (χ4n) is 3.72. The summed E-state index contributed by atoms with van der Waals surface area (Å²) in [5.74, 6) is -1.05. The molecule has 0 unspecified atom stereocenters. The second-order valence-corrected chi connectivity index (χ2v) is 11.8. The molecule has 8 nitrogen and oxygen atoms in total. The van der Waals surface area contributed by atoms with Crippen LogP contribution in [0, 0.1) is 6.92 Å². The number of benzene rings is 1. The van der Waals surface area contributed by atoms with Crippen molar-refractivity contribution < 1.29 is 36.2 Å². The van der Waals surface area contributed by atoms with E-state index in [2.05, 4.69) is 10.1 Å². The molecule has 2 aromatic heterocycles. The topological polar surface area (TPSA) is 111 Å². The van der Waals surface area contributed by atoms with Crippen LogP contribution in [-0.4, -0.2) is 45.4 Å². The van der Waals surface area contributed by atoms with Crippen LogP contribution in [-0.2, 0) is 31.1 Å². The van der Waals surface area contributed by atoms with Crippen LogP contribution in [0.2, 0.25) is 0 Å². The Kier molecular flexibility index (Phi) is 5.61. The number of sulfone groups is 1. The number of alkyl halides is 3. The van der Waals surface area contributed by atoms with Gasteiger partial charge in [-0.2, -0.15) is 18.3 Å². The van der Waals surface area contributed by atoms with Gasteiger partial charge in [0, 0.05) is 5.56 Å². The Bertz CT molecular complexity index is 1400. The third kappa shape index (κ3) is 3.79. The number of esters is 1. The second-order valence-electron chi connectivity index (χ2n) is 8.63. The molecule has 3 aromatic rings. The van der Waals surface area contributed by atoms with Crippen molar-refractivity contribution in [1.29, 1.82) is 0 Å². The SMILES string of the molecule is CCOC(=O)C1(S(=O)(=O)c2cc(-c3c(C)nc4sc(C(C)(C)O)nn34)ccc2C(F)(F)F)CC1. The first-order chi connectivity index (χ1) is 15.6. The van der Waals surface area contributed by atoms with E-state index in [1.807, 2.05) is 0 Å². The predicted octanol–water partition coefficient (Wildman–Crippen LogP) is 3.88. The third-order valence-corrected chi connectivity index (χ3v) is 9.36. The number of aryl methyl sites for hydroxylation is 1. The Balaban J connectivity index is 1.94. The summed E-state index contributed by atoms with van der Waals surface area (Å²) in [5, 5.41) is 14.9. The molecule has 0 radical (unpaired) electrons. The Morgan fingerprint density at radius 2 is 1.94 bits per heavy atom. The number of hydrogen-bond donors (Lipinski definition) is 1. The van der Waals surface area contributed by atoms with Gasteiger partial charge in [-0.3, -0.25) is 4.79 Å². The number of carbonyl (C=O) groups excluding carboxylic acids is 1. The molecule has 0 bridgehead atoms. The number of hydrogen-bond acceptors (Lipinski definition) is 8. The minimum Gasteiger partial charge on any atom is -0.465 e. The first kappa shape index (κ1) is 24.6. The zero-order valence-electron chi connectivity index (χ0n) is 18.7. The van der Waals surface area contributed by atoms with E-state index in [0.717, 1.165) is 23.5 Å². The smallest absolute Gasteiger partial charge is 0.417 e. The quantitative estimate of drug-likeness (QED) is 0.494. The number of nitrogens with zero attached hydrogens (tertiary/aromatic N) is 3. The molecule has 1 aromatic carbocycles. The van der Waals surface area contributed by atoms with Gasteiger partial charge in [-0.1, -0.05) is 17.4 Å². The van der Waals surface area contributed by atoms with Crippen molar-refractivity contribution in [3.8, 4) is 11.3 Å². The maximum Gasteiger partial charge on any atom is 0.417 e. The van der Waals surface area contributed by atoms with Crippen LogP contribution < -0.4 is 0 Å². The normalized spacial score (nSPS) is 16.1. The highest BCUT2D eigenvalue weighted by Crippen LogP contribution is 2.50. The Hall–Kier alpha value is -2.51. The molecule has 0 amide bonds. The van der Waals surface area contributed by atoms with Gasteiger partial charge < -0.3 is 9.84 Å². The lowest BCUT2D eigenvalue weighted by molar-refractivity contribution is -0.144. The summed E-state index contributed by atoms with van der Waals surface area (Å²) in [6.45, 7) is 6.08. The molecular formula is C21H22F3N3O5S2. The van der Waals surface area contributed by atoms with Crippen molar-refractivity contribution in [1.82, 2.24) is 14.6 Å². The summed E-state index contributed by atoms with van der Waals surface area (Å²) in [4.78, 5) is 16.2. The van der Waals surface area contributed by atoms with Gasteiger partial charge in [0.15, 0.2) is 14.6 Å². The van der Waals surface area contributed by atoms with Crippen molar-refractivity contribution in [3.63, 3.8) is 0 Å². The Morgan fingerprint density at radius 3 is 2.47 bits per heavy atom. The van der Waals surface area contributed by atoms with Crippen LogP contribution in [0.4, 0.5) is 13.2 Å². The van der Waals surface area contributed by atoms with Crippen LogP contribution in [0.15, 0.2) is 23.1 Å². The van der Waals surface area contributed by atoms with Gasteiger partial charge >= 0.3 is 12.1 Å². The summed E-state index contributed by atoms with van der Waals surface area (Å²) < 4.78 is 72.6. The van der Waals surface area contributed by atoms with E-state index in [-0.39, 0.29) is 30.7 Å². The first-order valence-electron chi connectivity index (χ1n) is 10.4. The zero-order chi connectivity index (χ0) is 25.3. The number of aliphatic hydroxyl groups is 1. The molecule has 1 aliphatic carbocycles. The number of aromatic nitrogens is 3. The first-order valence-corrected chi connectivity index (χ1v) is 12.7. The minimum atomic E-state index is -4.97. The van der Waals surface area contributed by atoms with Crippen molar-refractivity contribution >= 4 is 32.1 Å². The lowest BCUT2D eigenvalue weighted by Gasteiger charge is -2.19. The molecule has 4 rings (SSSR count). The van der Waals surface area contributed by atoms with Gasteiger partial charge in [-0.25, -0.2) is 17.9 Å². The molecule has 0 atom stereocenters. The van der Waals surface area contributed by atoms with Crippen LogP contribution >= 0.6 is 11.3 Å². The molecule has 1 fully saturated rings. The number of imidazole rings is 1. The highest BCUT2D eigenvalue weighted by molar-refractivity contribution is 7.94. The summed E-state index contributed by atoms with van der Waals surface area (Å²) in [5.41, 5.74) is -1.81. The van der Waals surface area contributed by atoms with Crippen LogP contribution in [0.1, 0.15) is 49.9 Å². The summed E-state index contributed by atoms with van der Waals surface area (Å²) in [6, 6.07) is 2.74. The molecular weight excluding hydrogens is 495 g/mol. The second kappa shape index (κ2) is 7.75. The van der Waals surface area contributed by atoms with Crippen molar-refractivity contribution in [2.75, 3.05) is 6.61 Å². The van der Waals surface area contributed by atoms with Crippen molar-refractivity contribution in [2.45, 2.75) is 62.0 Å². The number of carbonyl (C=O) groups is 1. The van der Waals surface area contributed by atoms with E-state index in [9.17, 15) is 31.5 Å². The Morgan fingerprint density at radius 1 is 1.29 bits per heavy atom. The largest absolute Gasteiger partial charge is 0.465 e. The average Bonchev–Trinajstić information content (AvgIpc) is 3.35. The monoisotopic (exact) mass is 517 g/mol. The lowest BCUT2D eigenvalue weighted by Crippen LogP contribution is -2.35. The predicted molar refractivity (Wildman–Crippen MR) is 117 cm³/mol. The van der Waals surface area contributed by atoms with Crippen molar-refractivity contribution in [3.05, 3.63) is 34.5 Å². The maximum atomic E-state index is 13.8. The van der Waals surface area contributed by atoms with Crippen LogP contribution in [0.3, 0.4) is 0 Å². The maximum absolute atomic E-state index is 13.8. The number of rotatable bonds is 6. The standard InChI is InChI=1S/C21H22F3N3O5S2/c1-5-32-17(28)20(8-9-20)34(30,31)14-10-12(6-7-13(14)21(22,23)24)15-11(2)25-18-27(15)26-16(33-18)19(3,4)29/h6-7,10,29H,5,8-9H2,1-4H3. The molecule has 1 aliphatic rings. The van der Waals surface area contributed by atoms with E-state index in [4.69, 9.17) is 4.74 Å². The Labute approximate surface area is 197 Å². The van der Waals surface area contributed by atoms with E-state index in [0.29, 0.717) is 21.7 Å².